The Kier molecular flexibility index (Phi) is 10.7. The first-order valence-electron chi connectivity index (χ1n) is 12.1. The Hall–Kier alpha value is -3.09. The minimum Gasteiger partial charge on any atom is -0.478 e. The molecule has 2 N–H and O–H groups in total. The Labute approximate surface area is 210 Å². The van der Waals surface area contributed by atoms with Gasteiger partial charge in [-0.25, -0.2) is 4.79 Å². The van der Waals surface area contributed by atoms with Crippen LogP contribution in [0.4, 0.5) is 0 Å². The molecule has 1 aromatic carbocycles. The number of aromatic nitrogens is 1. The van der Waals surface area contributed by atoms with Crippen LogP contribution in [-0.2, 0) is 26.8 Å². The van der Waals surface area contributed by atoms with Crippen LogP contribution in [0.1, 0.15) is 61.0 Å². The average Bonchev–Trinajstić information content (AvgIpc) is 3.11. The van der Waals surface area contributed by atoms with Gasteiger partial charge in [-0.3, -0.25) is 9.59 Å². The third-order valence-corrected chi connectivity index (χ3v) is 5.82. The van der Waals surface area contributed by atoms with Gasteiger partial charge in [0.2, 0.25) is 11.8 Å². The second-order valence-electron chi connectivity index (χ2n) is 10.6. The summed E-state index contributed by atoms with van der Waals surface area (Å²) < 4.78 is 1.99. The van der Waals surface area contributed by atoms with Crippen molar-refractivity contribution >= 4 is 28.7 Å². The number of amides is 2. The van der Waals surface area contributed by atoms with Crippen molar-refractivity contribution in [2.45, 2.75) is 66.8 Å². The fraction of sp³-hybridized carbons (Fsp3) is 0.536. The molecule has 0 aliphatic heterocycles. The lowest BCUT2D eigenvalue weighted by molar-refractivity contribution is -0.135. The van der Waals surface area contributed by atoms with Crippen LogP contribution in [0, 0.1) is 11.8 Å². The maximum Gasteiger partial charge on any atom is 0.331 e. The van der Waals surface area contributed by atoms with Crippen LogP contribution in [0.3, 0.4) is 0 Å². The first-order chi connectivity index (χ1) is 16.1. The first kappa shape index (κ1) is 29.9. The summed E-state index contributed by atoms with van der Waals surface area (Å²) >= 11 is 0. The zero-order valence-electron chi connectivity index (χ0n) is 23.0. The minimum absolute atomic E-state index is 0.0195. The molecule has 0 radical (unpaired) electrons. The van der Waals surface area contributed by atoms with Gasteiger partial charge < -0.3 is 19.9 Å². The van der Waals surface area contributed by atoms with Crippen LogP contribution in [0.25, 0.3) is 10.9 Å². The first-order valence-corrected chi connectivity index (χ1v) is 12.1. The summed E-state index contributed by atoms with van der Waals surface area (Å²) in [6.07, 6.45) is 3.53. The zero-order chi connectivity index (χ0) is 27.1. The second-order valence-corrected chi connectivity index (χ2v) is 10.6. The van der Waals surface area contributed by atoms with Crippen molar-refractivity contribution in [1.82, 2.24) is 14.8 Å². The minimum atomic E-state index is -1.02. The Balaban J connectivity index is 0.00000142. The molecule has 0 unspecified atom stereocenters. The van der Waals surface area contributed by atoms with E-state index >= 15 is 0 Å². The van der Waals surface area contributed by atoms with E-state index in [2.05, 4.69) is 26.1 Å². The number of likely N-dealkylation sites (N-methyl/N-ethyl adjacent to an activating group) is 1. The lowest BCUT2D eigenvalue weighted by Crippen LogP contribution is -2.48. The highest BCUT2D eigenvalue weighted by Crippen LogP contribution is 2.31. The van der Waals surface area contributed by atoms with E-state index in [0.29, 0.717) is 0 Å². The molecular weight excluding hydrogens is 442 g/mol. The number of hydrogen-bond acceptors (Lipinski definition) is 3. The third kappa shape index (κ3) is 7.98. The fourth-order valence-corrected chi connectivity index (χ4v) is 3.71. The second kappa shape index (κ2) is 12.6. The van der Waals surface area contributed by atoms with Crippen molar-refractivity contribution in [1.29, 1.82) is 0 Å². The molecule has 0 spiro atoms. The highest BCUT2D eigenvalue weighted by molar-refractivity contribution is 5.96. The number of benzene rings is 1. The monoisotopic (exact) mass is 485 g/mol. The number of hydrogen-bond donors (Lipinski definition) is 2. The highest BCUT2D eigenvalue weighted by Gasteiger charge is 2.33. The molecule has 2 aromatic rings. The Morgan fingerprint density at radius 1 is 1.11 bits per heavy atom. The van der Waals surface area contributed by atoms with Crippen molar-refractivity contribution in [3.8, 4) is 0 Å². The van der Waals surface area contributed by atoms with Crippen molar-refractivity contribution in [3.63, 3.8) is 0 Å². The summed E-state index contributed by atoms with van der Waals surface area (Å²) in [5, 5.41) is 12.9. The molecule has 1 aromatic heterocycles. The number of rotatable bonds is 8. The molecule has 194 valence electrons. The number of nitrogens with zero attached hydrogens (tertiary/aromatic N) is 2. The van der Waals surface area contributed by atoms with Gasteiger partial charge in [0.25, 0.3) is 0 Å². The van der Waals surface area contributed by atoms with Gasteiger partial charge in [-0.05, 0) is 44.2 Å². The summed E-state index contributed by atoms with van der Waals surface area (Å²) in [7, 11) is 3.57. The van der Waals surface area contributed by atoms with Crippen molar-refractivity contribution in [2.24, 2.45) is 18.9 Å². The summed E-state index contributed by atoms with van der Waals surface area (Å²) in [5.74, 6) is -0.693. The number of para-hydroxylation sites is 1. The van der Waals surface area contributed by atoms with Crippen molar-refractivity contribution < 1.29 is 19.5 Å². The standard InChI is InChI=1S/C24H33N3O4.C4H10/c1-15(2)20(12-16(3)22(29)30)27(7)21(28)13-25-23(31)24(4,5)18-14-26(6)19-11-9-8-10-17(18)19;1-4(2)3/h8-12,14-15,20H,13H2,1-7H3,(H,25,31)(H,29,30);4H,1-3H3/b16-12+;/t20-;/m1./s1. The van der Waals surface area contributed by atoms with Gasteiger partial charge >= 0.3 is 5.97 Å². The van der Waals surface area contributed by atoms with E-state index in [4.69, 9.17) is 5.11 Å². The molecule has 1 heterocycles. The maximum atomic E-state index is 13.0. The number of carboxylic acids is 1. The predicted octanol–water partition coefficient (Wildman–Crippen LogP) is 4.75. The van der Waals surface area contributed by atoms with Gasteiger partial charge in [-0.15, -0.1) is 0 Å². The largest absolute Gasteiger partial charge is 0.478 e. The smallest absolute Gasteiger partial charge is 0.331 e. The third-order valence-electron chi connectivity index (χ3n) is 5.82. The molecule has 0 aliphatic rings. The molecule has 35 heavy (non-hydrogen) atoms. The van der Waals surface area contributed by atoms with E-state index in [1.165, 1.54) is 11.8 Å². The Morgan fingerprint density at radius 3 is 2.17 bits per heavy atom. The Morgan fingerprint density at radius 2 is 1.66 bits per heavy atom. The molecule has 7 heteroatoms. The van der Waals surface area contributed by atoms with Crippen LogP contribution in [0.15, 0.2) is 42.1 Å². The molecule has 7 nitrogen and oxygen atoms in total. The predicted molar refractivity (Wildman–Crippen MR) is 142 cm³/mol. The van der Waals surface area contributed by atoms with Crippen LogP contribution in [0.2, 0.25) is 0 Å². The number of fused-ring (bicyclic) bond motifs is 1. The molecule has 0 aliphatic carbocycles. The van der Waals surface area contributed by atoms with Gasteiger partial charge in [-0.1, -0.05) is 58.9 Å². The number of carbonyl (C=O) groups is 3. The van der Waals surface area contributed by atoms with Gasteiger partial charge in [0, 0.05) is 36.8 Å². The summed E-state index contributed by atoms with van der Waals surface area (Å²) in [6, 6.07) is 7.51. The number of nitrogens with one attached hydrogen (secondary N) is 1. The molecule has 2 amide bonds. The maximum absolute atomic E-state index is 13.0. The lowest BCUT2D eigenvalue weighted by atomic mass is 9.83. The summed E-state index contributed by atoms with van der Waals surface area (Å²) in [5.41, 5.74) is 1.27. The fourth-order valence-electron chi connectivity index (χ4n) is 3.71. The summed E-state index contributed by atoms with van der Waals surface area (Å²) in [6.45, 7) is 15.4. The van der Waals surface area contributed by atoms with E-state index in [1.54, 1.807) is 13.1 Å². The molecule has 0 saturated carbocycles. The molecular formula is C28H43N3O4. The number of carbonyl (C=O) groups excluding carboxylic acids is 2. The summed E-state index contributed by atoms with van der Waals surface area (Å²) in [4.78, 5) is 38.5. The van der Waals surface area contributed by atoms with Crippen molar-refractivity contribution in [2.75, 3.05) is 13.6 Å². The number of carboxylic acid groups (broad SMARTS) is 1. The van der Waals surface area contributed by atoms with Crippen LogP contribution >= 0.6 is 0 Å². The topological polar surface area (TPSA) is 91.6 Å². The van der Waals surface area contributed by atoms with E-state index in [0.717, 1.165) is 22.4 Å². The number of aliphatic carboxylic acids is 1. The quantitative estimate of drug-likeness (QED) is 0.528. The SMILES string of the molecule is C/C(=C\[C@H](C(C)C)N(C)C(=O)CNC(=O)C(C)(C)c1cn(C)c2ccccc12)C(=O)O.CC(C)C. The highest BCUT2D eigenvalue weighted by atomic mass is 16.4. The van der Waals surface area contributed by atoms with E-state index in [1.807, 2.05) is 69.8 Å². The zero-order valence-corrected chi connectivity index (χ0v) is 23.0. The van der Waals surface area contributed by atoms with Gasteiger partial charge in [0.05, 0.1) is 18.0 Å². The average molecular weight is 486 g/mol. The van der Waals surface area contributed by atoms with Gasteiger partial charge in [0.15, 0.2) is 0 Å². The van der Waals surface area contributed by atoms with Crippen LogP contribution < -0.4 is 5.32 Å². The van der Waals surface area contributed by atoms with E-state index in [-0.39, 0.29) is 35.9 Å². The van der Waals surface area contributed by atoms with Crippen molar-refractivity contribution in [3.05, 3.63) is 47.7 Å². The Bertz CT molecular complexity index is 1060. The van der Waals surface area contributed by atoms with Gasteiger partial charge in [0.1, 0.15) is 0 Å². The molecule has 0 bridgehead atoms. The molecule has 1 atom stereocenters. The normalized spacial score (nSPS) is 12.9. The van der Waals surface area contributed by atoms with Gasteiger partial charge in [-0.2, -0.15) is 0 Å². The van der Waals surface area contributed by atoms with Crippen LogP contribution in [-0.4, -0.2) is 52.0 Å². The molecule has 0 saturated heterocycles. The molecule has 0 fully saturated rings. The number of aryl methyl sites for hydroxylation is 1. The van der Waals surface area contributed by atoms with E-state index < -0.39 is 11.4 Å². The van der Waals surface area contributed by atoms with E-state index in [9.17, 15) is 14.4 Å². The lowest BCUT2D eigenvalue weighted by Gasteiger charge is -2.30. The van der Waals surface area contributed by atoms with Crippen LogP contribution in [0.5, 0.6) is 0 Å². The molecule has 2 rings (SSSR count).